The first kappa shape index (κ1) is 16.4. The number of H-pyrrole nitrogens is 1. The van der Waals surface area contributed by atoms with Crippen LogP contribution >= 0.6 is 23.2 Å². The lowest BCUT2D eigenvalue weighted by molar-refractivity contribution is 0.0708. The molecule has 2 N–H and O–H groups in total. The molecule has 0 saturated heterocycles. The number of aromatic nitrogens is 1. The summed E-state index contributed by atoms with van der Waals surface area (Å²) in [6.45, 7) is 0.290. The summed E-state index contributed by atoms with van der Waals surface area (Å²) in [7, 11) is 0. The Bertz CT molecular complexity index is 722. The van der Waals surface area contributed by atoms with Gasteiger partial charge in [0.05, 0.1) is 22.2 Å². The molecule has 5 nitrogen and oxygen atoms in total. The predicted octanol–water partition coefficient (Wildman–Crippen LogP) is 2.83. The van der Waals surface area contributed by atoms with Crippen molar-refractivity contribution in [3.8, 4) is 6.07 Å². The number of hydrogen-bond acceptors (Lipinski definition) is 3. The molecule has 0 spiro atoms. The number of rotatable bonds is 5. The second-order valence-electron chi connectivity index (χ2n) is 4.61. The number of aliphatic hydroxyl groups excluding tert-OH is 1. The van der Waals surface area contributed by atoms with Crippen LogP contribution < -0.4 is 0 Å². The van der Waals surface area contributed by atoms with Gasteiger partial charge in [0.15, 0.2) is 0 Å². The molecule has 0 unspecified atom stereocenters. The number of aromatic amines is 1. The summed E-state index contributed by atoms with van der Waals surface area (Å²) in [5.74, 6) is -0.280. The quantitative estimate of drug-likeness (QED) is 0.880. The molecule has 0 fully saturated rings. The Labute approximate surface area is 137 Å². The van der Waals surface area contributed by atoms with E-state index in [1.54, 1.807) is 18.2 Å². The summed E-state index contributed by atoms with van der Waals surface area (Å²) < 4.78 is 0. The molecular weight excluding hydrogens is 325 g/mol. The number of hydrogen-bond donors (Lipinski definition) is 2. The highest BCUT2D eigenvalue weighted by atomic mass is 35.5. The molecule has 114 valence electrons. The van der Waals surface area contributed by atoms with Gasteiger partial charge >= 0.3 is 0 Å². The molecule has 1 aromatic heterocycles. The Morgan fingerprint density at radius 2 is 2.09 bits per heavy atom. The van der Waals surface area contributed by atoms with Crippen LogP contribution in [0.3, 0.4) is 0 Å². The largest absolute Gasteiger partial charge is 0.395 e. The van der Waals surface area contributed by atoms with Crippen LogP contribution in [0.5, 0.6) is 0 Å². The highest BCUT2D eigenvalue weighted by molar-refractivity contribution is 6.42. The van der Waals surface area contributed by atoms with Gasteiger partial charge < -0.3 is 15.0 Å². The van der Waals surface area contributed by atoms with Crippen molar-refractivity contribution in [2.75, 3.05) is 13.2 Å². The smallest absolute Gasteiger partial charge is 0.255 e. The molecule has 0 radical (unpaired) electrons. The monoisotopic (exact) mass is 337 g/mol. The first-order valence-electron chi connectivity index (χ1n) is 6.47. The SMILES string of the molecule is N#Cc1cc(C(=O)N(CCO)Cc2ccc(Cl)c(Cl)c2)c[nH]1. The molecule has 1 heterocycles. The third kappa shape index (κ3) is 3.80. The van der Waals surface area contributed by atoms with Gasteiger partial charge in [-0.15, -0.1) is 0 Å². The molecule has 22 heavy (non-hydrogen) atoms. The van der Waals surface area contributed by atoms with Crippen molar-refractivity contribution in [2.45, 2.75) is 6.54 Å². The van der Waals surface area contributed by atoms with Gasteiger partial charge in [-0.2, -0.15) is 5.26 Å². The van der Waals surface area contributed by atoms with E-state index in [0.29, 0.717) is 21.3 Å². The van der Waals surface area contributed by atoms with Crippen LogP contribution in [0.2, 0.25) is 10.0 Å². The van der Waals surface area contributed by atoms with Gasteiger partial charge in [-0.05, 0) is 23.8 Å². The summed E-state index contributed by atoms with van der Waals surface area (Å²) >= 11 is 11.8. The molecular formula is C15H13Cl2N3O2. The van der Waals surface area contributed by atoms with Crippen LogP contribution in [-0.2, 0) is 6.54 Å². The van der Waals surface area contributed by atoms with Gasteiger partial charge in [0.1, 0.15) is 11.8 Å². The lowest BCUT2D eigenvalue weighted by atomic mass is 10.2. The van der Waals surface area contributed by atoms with Crippen LogP contribution in [0.15, 0.2) is 30.5 Å². The van der Waals surface area contributed by atoms with Gasteiger partial charge in [0, 0.05) is 19.3 Å². The number of benzene rings is 1. The lowest BCUT2D eigenvalue weighted by Gasteiger charge is -2.21. The fourth-order valence-electron chi connectivity index (χ4n) is 2.00. The Hall–Kier alpha value is -2.00. The number of nitrogens with one attached hydrogen (secondary N) is 1. The van der Waals surface area contributed by atoms with Crippen LogP contribution in [0.25, 0.3) is 0 Å². The number of nitrogens with zero attached hydrogens (tertiary/aromatic N) is 2. The zero-order valence-corrected chi connectivity index (χ0v) is 13.0. The maximum absolute atomic E-state index is 12.4. The highest BCUT2D eigenvalue weighted by Gasteiger charge is 2.17. The summed E-state index contributed by atoms with van der Waals surface area (Å²) in [6, 6.07) is 8.51. The summed E-state index contributed by atoms with van der Waals surface area (Å²) in [5.41, 5.74) is 1.47. The zero-order chi connectivity index (χ0) is 16.1. The topological polar surface area (TPSA) is 80.1 Å². The summed E-state index contributed by atoms with van der Waals surface area (Å²) in [5, 5.41) is 18.8. The summed E-state index contributed by atoms with van der Waals surface area (Å²) in [4.78, 5) is 16.6. The van der Waals surface area contributed by atoms with Crippen LogP contribution in [0.4, 0.5) is 0 Å². The second-order valence-corrected chi connectivity index (χ2v) is 5.43. The fraction of sp³-hybridized carbons (Fsp3) is 0.200. The van der Waals surface area contributed by atoms with Gasteiger partial charge in [-0.1, -0.05) is 29.3 Å². The average molecular weight is 338 g/mol. The minimum Gasteiger partial charge on any atom is -0.395 e. The van der Waals surface area contributed by atoms with E-state index in [4.69, 9.17) is 33.6 Å². The number of aliphatic hydroxyl groups is 1. The molecule has 0 saturated carbocycles. The van der Waals surface area contributed by atoms with E-state index in [9.17, 15) is 4.79 Å². The first-order chi connectivity index (χ1) is 10.5. The predicted molar refractivity (Wildman–Crippen MR) is 83.8 cm³/mol. The Morgan fingerprint density at radius 3 is 2.68 bits per heavy atom. The number of nitriles is 1. The van der Waals surface area contributed by atoms with Gasteiger partial charge in [-0.25, -0.2) is 0 Å². The molecule has 0 aliphatic rings. The van der Waals surface area contributed by atoms with Crippen LogP contribution in [-0.4, -0.2) is 34.0 Å². The van der Waals surface area contributed by atoms with Gasteiger partial charge in [-0.3, -0.25) is 4.79 Å². The maximum atomic E-state index is 12.4. The van der Waals surface area contributed by atoms with E-state index < -0.39 is 0 Å². The minimum atomic E-state index is -0.280. The van der Waals surface area contributed by atoms with Crippen LogP contribution in [0, 0.1) is 11.3 Å². The number of amides is 1. The molecule has 7 heteroatoms. The maximum Gasteiger partial charge on any atom is 0.255 e. The number of carbonyl (C=O) groups excluding carboxylic acids is 1. The minimum absolute atomic E-state index is 0.164. The third-order valence-corrected chi connectivity index (χ3v) is 3.80. The molecule has 1 aromatic carbocycles. The Kier molecular flexibility index (Phi) is 5.45. The van der Waals surface area contributed by atoms with E-state index in [0.717, 1.165) is 5.56 Å². The molecule has 0 aliphatic carbocycles. The van der Waals surface area contributed by atoms with E-state index in [-0.39, 0.29) is 25.6 Å². The van der Waals surface area contributed by atoms with Gasteiger partial charge in [0.2, 0.25) is 0 Å². The molecule has 0 aliphatic heterocycles. The first-order valence-corrected chi connectivity index (χ1v) is 7.23. The normalized spacial score (nSPS) is 10.3. The van der Waals surface area contributed by atoms with Crippen molar-refractivity contribution in [2.24, 2.45) is 0 Å². The van der Waals surface area contributed by atoms with E-state index in [1.165, 1.54) is 17.2 Å². The molecule has 2 rings (SSSR count). The highest BCUT2D eigenvalue weighted by Crippen LogP contribution is 2.23. The molecule has 0 atom stereocenters. The van der Waals surface area contributed by atoms with E-state index in [1.807, 2.05) is 6.07 Å². The van der Waals surface area contributed by atoms with Crippen molar-refractivity contribution >= 4 is 29.1 Å². The lowest BCUT2D eigenvalue weighted by Crippen LogP contribution is -2.32. The molecule has 2 aromatic rings. The van der Waals surface area contributed by atoms with Gasteiger partial charge in [0.25, 0.3) is 5.91 Å². The second kappa shape index (κ2) is 7.32. The van der Waals surface area contributed by atoms with Crippen molar-refractivity contribution in [3.05, 3.63) is 57.3 Å². The van der Waals surface area contributed by atoms with Crippen molar-refractivity contribution in [1.82, 2.24) is 9.88 Å². The Balaban J connectivity index is 2.20. The standard InChI is InChI=1S/C15H13Cl2N3O2/c16-13-2-1-10(5-14(13)17)9-20(3-4-21)15(22)11-6-12(7-18)19-8-11/h1-2,5-6,8,19,21H,3-4,9H2. The van der Waals surface area contributed by atoms with Crippen molar-refractivity contribution in [1.29, 1.82) is 5.26 Å². The average Bonchev–Trinajstić information content (AvgIpc) is 2.99. The number of carbonyl (C=O) groups is 1. The molecule has 1 amide bonds. The zero-order valence-electron chi connectivity index (χ0n) is 11.5. The van der Waals surface area contributed by atoms with Crippen molar-refractivity contribution < 1.29 is 9.90 Å². The fourth-order valence-corrected chi connectivity index (χ4v) is 2.32. The third-order valence-electron chi connectivity index (χ3n) is 3.06. The Morgan fingerprint density at radius 1 is 1.32 bits per heavy atom. The molecule has 0 bridgehead atoms. The van der Waals surface area contributed by atoms with E-state index >= 15 is 0 Å². The summed E-state index contributed by atoms with van der Waals surface area (Å²) in [6.07, 6.45) is 1.47. The van der Waals surface area contributed by atoms with Crippen molar-refractivity contribution in [3.63, 3.8) is 0 Å². The number of halogens is 2. The van der Waals surface area contributed by atoms with E-state index in [2.05, 4.69) is 4.98 Å². The van der Waals surface area contributed by atoms with Crippen LogP contribution in [0.1, 0.15) is 21.6 Å².